The third-order valence-electron chi connectivity index (χ3n) is 6.46. The van der Waals surface area contributed by atoms with Crippen molar-refractivity contribution in [2.24, 2.45) is 0 Å². The molecule has 2 aliphatic heterocycles. The molecule has 7 nitrogen and oxygen atoms in total. The summed E-state index contributed by atoms with van der Waals surface area (Å²) in [5.41, 5.74) is 2.82. The number of ether oxygens (including phenoxy) is 1. The number of aromatic nitrogens is 1. The Kier molecular flexibility index (Phi) is 6.95. The van der Waals surface area contributed by atoms with Gasteiger partial charge in [0.25, 0.3) is 0 Å². The lowest BCUT2D eigenvalue weighted by Crippen LogP contribution is -3.00. The smallest absolute Gasteiger partial charge is 0.341 e. The number of likely N-dealkylation sites (N-methyl/N-ethyl adjacent to an activating group) is 1. The molecule has 0 radical (unpaired) electrons. The van der Waals surface area contributed by atoms with Crippen molar-refractivity contribution >= 4 is 28.5 Å². The molecule has 174 valence electrons. The lowest BCUT2D eigenvalue weighted by atomic mass is 9.82. The molecular weight excluding hydrogens is 519 g/mol. The number of hydrogen-bond acceptors (Lipinski definition) is 3. The van der Waals surface area contributed by atoms with Crippen LogP contribution in [-0.2, 0) is 14.9 Å². The molecule has 0 saturated carbocycles. The number of piperazine rings is 1. The SMILES string of the molecule is CCOC(=O)C1=CN(C(=O)N2CC[N+](C)(C)CC2)CC(C)(C)c2c1[nH]c1ccccc21.[I-]. The van der Waals surface area contributed by atoms with Crippen LogP contribution in [-0.4, -0.2) is 84.7 Å². The van der Waals surface area contributed by atoms with Gasteiger partial charge in [-0.1, -0.05) is 32.0 Å². The summed E-state index contributed by atoms with van der Waals surface area (Å²) in [7, 11) is 4.38. The Hall–Kier alpha value is -2.07. The number of hydrogen-bond donors (Lipinski definition) is 1. The van der Waals surface area contributed by atoms with Crippen molar-refractivity contribution < 1.29 is 42.8 Å². The van der Waals surface area contributed by atoms with Gasteiger partial charge in [-0.25, -0.2) is 9.59 Å². The van der Waals surface area contributed by atoms with Crippen LogP contribution < -0.4 is 24.0 Å². The molecule has 1 fully saturated rings. The van der Waals surface area contributed by atoms with Gasteiger partial charge in [-0.15, -0.1) is 0 Å². The lowest BCUT2D eigenvalue weighted by Gasteiger charge is -2.41. The molecule has 1 aromatic carbocycles. The van der Waals surface area contributed by atoms with Gasteiger partial charge in [0.1, 0.15) is 0 Å². The van der Waals surface area contributed by atoms with E-state index in [2.05, 4.69) is 39.0 Å². The number of aromatic amines is 1. The molecule has 0 spiro atoms. The summed E-state index contributed by atoms with van der Waals surface area (Å²) < 4.78 is 6.29. The van der Waals surface area contributed by atoms with E-state index in [0.717, 1.165) is 39.7 Å². The van der Waals surface area contributed by atoms with Crippen LogP contribution in [0.15, 0.2) is 30.5 Å². The van der Waals surface area contributed by atoms with Crippen molar-refractivity contribution in [3.8, 4) is 0 Å². The fourth-order valence-corrected chi connectivity index (χ4v) is 4.68. The Bertz CT molecular complexity index is 1050. The first kappa shape index (κ1) is 24.6. The van der Waals surface area contributed by atoms with Crippen molar-refractivity contribution in [2.75, 3.05) is 53.4 Å². The number of urea groups is 1. The van der Waals surface area contributed by atoms with Crippen LogP contribution in [0.5, 0.6) is 0 Å². The van der Waals surface area contributed by atoms with E-state index in [9.17, 15) is 9.59 Å². The van der Waals surface area contributed by atoms with E-state index in [0.29, 0.717) is 25.2 Å². The van der Waals surface area contributed by atoms with Gasteiger partial charge >= 0.3 is 12.0 Å². The maximum Gasteiger partial charge on any atom is 0.341 e. The standard InChI is InChI=1S/C24H33N4O3.HI/c1-6-31-22(29)18-15-27(23(30)26-11-13-28(4,5)14-12-26)16-24(2,3)20-17-9-7-8-10-19(17)25-21(18)20;/h7-10,15,25H,6,11-14,16H2,1-5H3;1H/q+1;/p-1. The summed E-state index contributed by atoms with van der Waals surface area (Å²) >= 11 is 0. The summed E-state index contributed by atoms with van der Waals surface area (Å²) in [6.45, 7) is 10.1. The lowest BCUT2D eigenvalue weighted by molar-refractivity contribution is -0.894. The Morgan fingerprint density at radius 2 is 1.81 bits per heavy atom. The first-order valence-electron chi connectivity index (χ1n) is 11.0. The second kappa shape index (κ2) is 9.05. The topological polar surface area (TPSA) is 65.6 Å². The quantitative estimate of drug-likeness (QED) is 0.329. The molecule has 0 aliphatic carbocycles. The summed E-state index contributed by atoms with van der Waals surface area (Å²) in [4.78, 5) is 33.5. The fraction of sp³-hybridized carbons (Fsp3) is 0.500. The minimum Gasteiger partial charge on any atom is -1.00 e. The van der Waals surface area contributed by atoms with Crippen molar-refractivity contribution in [1.29, 1.82) is 0 Å². The highest BCUT2D eigenvalue weighted by Crippen LogP contribution is 2.40. The van der Waals surface area contributed by atoms with Crippen molar-refractivity contribution in [3.63, 3.8) is 0 Å². The molecule has 0 atom stereocenters. The van der Waals surface area contributed by atoms with Gasteiger partial charge in [-0.2, -0.15) is 0 Å². The van der Waals surface area contributed by atoms with Gasteiger partial charge < -0.3 is 43.1 Å². The average molecular weight is 552 g/mol. The van der Waals surface area contributed by atoms with Crippen LogP contribution in [0.3, 0.4) is 0 Å². The van der Waals surface area contributed by atoms with E-state index in [1.165, 1.54) is 0 Å². The predicted octanol–water partition coefficient (Wildman–Crippen LogP) is 0.181. The van der Waals surface area contributed by atoms with E-state index >= 15 is 0 Å². The average Bonchev–Trinajstić information content (AvgIpc) is 3.05. The summed E-state index contributed by atoms with van der Waals surface area (Å²) in [5, 5.41) is 1.07. The Morgan fingerprint density at radius 3 is 2.47 bits per heavy atom. The predicted molar refractivity (Wildman–Crippen MR) is 121 cm³/mol. The second-order valence-electron chi connectivity index (χ2n) is 9.85. The number of H-pyrrole nitrogens is 1. The van der Waals surface area contributed by atoms with E-state index in [1.807, 2.05) is 23.1 Å². The fourth-order valence-electron chi connectivity index (χ4n) is 4.68. The van der Waals surface area contributed by atoms with Gasteiger partial charge in [0.05, 0.1) is 58.1 Å². The Labute approximate surface area is 207 Å². The van der Waals surface area contributed by atoms with E-state index in [1.54, 1.807) is 18.0 Å². The molecule has 4 rings (SSSR count). The minimum absolute atomic E-state index is 0. The normalized spacial score (nSPS) is 19.5. The number of carbonyl (C=O) groups is 2. The number of amides is 2. The summed E-state index contributed by atoms with van der Waals surface area (Å²) in [6, 6.07) is 8.01. The number of para-hydroxylation sites is 1. The molecule has 0 bridgehead atoms. The number of benzene rings is 1. The molecular formula is C24H33IN4O3. The zero-order valence-corrected chi connectivity index (χ0v) is 21.7. The molecule has 1 aromatic heterocycles. The van der Waals surface area contributed by atoms with Crippen LogP contribution in [0.4, 0.5) is 4.79 Å². The Balaban J connectivity index is 0.00000289. The van der Waals surface area contributed by atoms with Crippen LogP contribution in [0, 0.1) is 0 Å². The number of esters is 1. The van der Waals surface area contributed by atoms with Crippen molar-refractivity contribution in [3.05, 3.63) is 41.7 Å². The molecule has 0 unspecified atom stereocenters. The number of nitrogens with zero attached hydrogens (tertiary/aromatic N) is 3. The van der Waals surface area contributed by atoms with Crippen LogP contribution in [0.1, 0.15) is 32.0 Å². The van der Waals surface area contributed by atoms with E-state index < -0.39 is 5.97 Å². The number of halogens is 1. The Morgan fingerprint density at radius 1 is 1.16 bits per heavy atom. The van der Waals surface area contributed by atoms with Gasteiger partial charge in [0, 0.05) is 29.1 Å². The highest BCUT2D eigenvalue weighted by atomic mass is 127. The summed E-state index contributed by atoms with van der Waals surface area (Å²) in [5.74, 6) is -0.415. The number of fused-ring (bicyclic) bond motifs is 3. The maximum atomic E-state index is 13.5. The molecule has 3 heterocycles. The molecule has 2 aliphatic rings. The third-order valence-corrected chi connectivity index (χ3v) is 6.46. The van der Waals surface area contributed by atoms with Crippen molar-refractivity contribution in [1.82, 2.24) is 14.8 Å². The first-order valence-corrected chi connectivity index (χ1v) is 11.0. The van der Waals surface area contributed by atoms with Gasteiger partial charge in [0.2, 0.25) is 0 Å². The zero-order chi connectivity index (χ0) is 22.4. The molecule has 2 amide bonds. The minimum atomic E-state index is -0.415. The largest absolute Gasteiger partial charge is 1.00 e. The molecule has 8 heteroatoms. The first-order chi connectivity index (χ1) is 14.6. The van der Waals surface area contributed by atoms with Gasteiger partial charge in [-0.05, 0) is 18.6 Å². The van der Waals surface area contributed by atoms with Gasteiger partial charge in [-0.3, -0.25) is 4.90 Å². The van der Waals surface area contributed by atoms with Crippen LogP contribution in [0.2, 0.25) is 0 Å². The number of nitrogens with one attached hydrogen (secondary N) is 1. The van der Waals surface area contributed by atoms with Gasteiger partial charge in [0.15, 0.2) is 0 Å². The third kappa shape index (κ3) is 4.52. The molecule has 1 saturated heterocycles. The number of carbonyl (C=O) groups excluding carboxylic acids is 2. The van der Waals surface area contributed by atoms with Crippen LogP contribution in [0.25, 0.3) is 16.5 Å². The maximum absolute atomic E-state index is 13.5. The van der Waals surface area contributed by atoms with E-state index in [4.69, 9.17) is 4.74 Å². The number of rotatable bonds is 2. The molecule has 32 heavy (non-hydrogen) atoms. The number of quaternary nitrogens is 1. The summed E-state index contributed by atoms with van der Waals surface area (Å²) in [6.07, 6.45) is 1.69. The zero-order valence-electron chi connectivity index (χ0n) is 19.6. The molecule has 2 aromatic rings. The van der Waals surface area contributed by atoms with Crippen LogP contribution >= 0.6 is 0 Å². The molecule has 1 N–H and O–H groups in total. The second-order valence-corrected chi connectivity index (χ2v) is 9.85. The monoisotopic (exact) mass is 552 g/mol. The van der Waals surface area contributed by atoms with E-state index in [-0.39, 0.29) is 42.0 Å². The highest BCUT2D eigenvalue weighted by Gasteiger charge is 2.39. The highest BCUT2D eigenvalue weighted by molar-refractivity contribution is 6.18. The van der Waals surface area contributed by atoms with Crippen molar-refractivity contribution in [2.45, 2.75) is 26.2 Å².